The molecule has 2 aliphatic heterocycles. The minimum atomic E-state index is -3.17. The van der Waals surface area contributed by atoms with Gasteiger partial charge >= 0.3 is 0 Å². The summed E-state index contributed by atoms with van der Waals surface area (Å²) in [7, 11) is -3.17. The largest absolute Gasteiger partial charge is 0.492 e. The number of Topliss-reactive ketones (excluding diaryl/α,β-unsaturated/α-hetero) is 1. The molecule has 2 aromatic carbocycles. The second-order valence-electron chi connectivity index (χ2n) is 11.7. The van der Waals surface area contributed by atoms with E-state index in [1.165, 1.54) is 5.56 Å². The summed E-state index contributed by atoms with van der Waals surface area (Å²) >= 11 is 0. The fraction of sp³-hybridized carbons (Fsp3) is 0.419. The topological polar surface area (TPSA) is 103 Å². The molecule has 0 unspecified atom stereocenters. The first-order chi connectivity index (χ1) is 18.6. The van der Waals surface area contributed by atoms with E-state index in [9.17, 15) is 19.0 Å². The zero-order chi connectivity index (χ0) is 27.4. The fourth-order valence-corrected chi connectivity index (χ4v) is 7.76. The maximum Gasteiger partial charge on any atom is 0.149 e. The number of aliphatic hydroxyl groups excluding tert-OH is 1. The van der Waals surface area contributed by atoms with Crippen LogP contribution < -0.4 is 4.74 Å². The first-order valence-corrected chi connectivity index (χ1v) is 15.2. The smallest absolute Gasteiger partial charge is 0.149 e. The van der Waals surface area contributed by atoms with E-state index in [0.717, 1.165) is 53.9 Å². The number of benzene rings is 2. The number of fused-ring (bicyclic) bond motifs is 1. The van der Waals surface area contributed by atoms with Crippen molar-refractivity contribution in [2.45, 2.75) is 67.7 Å². The summed E-state index contributed by atoms with van der Waals surface area (Å²) < 4.78 is 29.3. The summed E-state index contributed by atoms with van der Waals surface area (Å²) in [6.45, 7) is 5.46. The number of aliphatic hydroxyl groups is 1. The van der Waals surface area contributed by atoms with Crippen molar-refractivity contribution in [2.24, 2.45) is 0 Å². The van der Waals surface area contributed by atoms with E-state index < -0.39 is 16.2 Å². The molecule has 0 spiro atoms. The van der Waals surface area contributed by atoms with E-state index in [-0.39, 0.29) is 30.3 Å². The molecule has 39 heavy (non-hydrogen) atoms. The number of rotatable bonds is 8. The van der Waals surface area contributed by atoms with Gasteiger partial charge in [0, 0.05) is 35.2 Å². The first kappa shape index (κ1) is 26.5. The number of nitrogens with zero attached hydrogens (tertiary/aromatic N) is 2. The standard InChI is InChI=1S/C31H36N2O5S/c1-30(2)20-38-28-13-10-22(17-26(28)30)31(14-15-31)29(35)18-23-5-3-7-27(32-23)21-8-11-25(12-9-21)39(36,37)33-16-4-6-24(33)19-34/h3,5,7-13,17,24,34,36-37H,4,6,14-16,18-20H2,1-2H3/t24-/m1/s1. The summed E-state index contributed by atoms with van der Waals surface area (Å²) in [4.78, 5) is 18.8. The van der Waals surface area contributed by atoms with Gasteiger partial charge < -0.3 is 9.84 Å². The monoisotopic (exact) mass is 548 g/mol. The summed E-state index contributed by atoms with van der Waals surface area (Å²) in [5, 5.41) is 9.62. The summed E-state index contributed by atoms with van der Waals surface area (Å²) in [6.07, 6.45) is 3.55. The number of carbonyl (C=O) groups excluding carboxylic acids is 1. The molecule has 2 fully saturated rings. The molecule has 1 atom stereocenters. The molecule has 3 aromatic rings. The zero-order valence-electron chi connectivity index (χ0n) is 22.5. The molecular weight excluding hydrogens is 512 g/mol. The molecule has 3 heterocycles. The lowest BCUT2D eigenvalue weighted by Gasteiger charge is -2.43. The van der Waals surface area contributed by atoms with E-state index in [0.29, 0.717) is 18.0 Å². The molecule has 3 aliphatic rings. The maximum absolute atomic E-state index is 13.6. The van der Waals surface area contributed by atoms with E-state index in [1.54, 1.807) is 16.4 Å². The summed E-state index contributed by atoms with van der Waals surface area (Å²) in [5.74, 6) is 1.11. The van der Waals surface area contributed by atoms with Gasteiger partial charge in [-0.05, 0) is 61.6 Å². The highest BCUT2D eigenvalue weighted by atomic mass is 32.3. The third-order valence-electron chi connectivity index (χ3n) is 8.61. The Hall–Kier alpha value is -2.75. The van der Waals surface area contributed by atoms with Gasteiger partial charge in [0.15, 0.2) is 0 Å². The third-order valence-corrected chi connectivity index (χ3v) is 10.6. The first-order valence-electron chi connectivity index (χ1n) is 13.7. The van der Waals surface area contributed by atoms with E-state index in [2.05, 4.69) is 19.9 Å². The molecule has 8 heteroatoms. The fourth-order valence-electron chi connectivity index (χ4n) is 6.01. The number of ether oxygens (including phenoxy) is 1. The number of pyridine rings is 1. The Morgan fingerprint density at radius 3 is 2.59 bits per heavy atom. The number of hydrogen-bond acceptors (Lipinski definition) is 7. The SMILES string of the molecule is CC1(C)COc2ccc(C3(C(=O)Cc4cccc(-c5ccc(S(O)(O)N6CCC[C@@H]6CO)cc5)n4)CC3)cc21. The van der Waals surface area contributed by atoms with Crippen LogP contribution in [0.15, 0.2) is 65.6 Å². The number of ketones is 1. The van der Waals surface area contributed by atoms with Gasteiger partial charge in [-0.2, -0.15) is 4.31 Å². The number of hydrogen-bond donors (Lipinski definition) is 3. The molecule has 1 aromatic heterocycles. The van der Waals surface area contributed by atoms with Crippen LogP contribution in [0, 0.1) is 0 Å². The quantitative estimate of drug-likeness (QED) is 0.330. The lowest BCUT2D eigenvalue weighted by Crippen LogP contribution is -2.34. The predicted molar refractivity (Wildman–Crippen MR) is 152 cm³/mol. The minimum Gasteiger partial charge on any atom is -0.492 e. The average molecular weight is 549 g/mol. The normalized spacial score (nSPS) is 21.8. The Balaban J connectivity index is 1.19. The van der Waals surface area contributed by atoms with Crippen molar-refractivity contribution in [3.63, 3.8) is 0 Å². The Labute approximate surface area is 231 Å². The molecule has 3 N–H and O–H groups in total. The second-order valence-corrected chi connectivity index (χ2v) is 13.7. The molecule has 0 bridgehead atoms. The van der Waals surface area contributed by atoms with E-state index >= 15 is 0 Å². The summed E-state index contributed by atoms with van der Waals surface area (Å²) in [5.41, 5.74) is 4.06. The van der Waals surface area contributed by atoms with Gasteiger partial charge in [-0.15, -0.1) is 10.8 Å². The number of carbonyl (C=O) groups is 1. The van der Waals surface area contributed by atoms with Crippen molar-refractivity contribution in [1.82, 2.24) is 9.29 Å². The molecule has 6 rings (SSSR count). The lowest BCUT2D eigenvalue weighted by molar-refractivity contribution is -0.120. The van der Waals surface area contributed by atoms with Crippen LogP contribution in [0.1, 0.15) is 56.4 Å². The van der Waals surface area contributed by atoms with Crippen LogP contribution in [0.5, 0.6) is 5.75 Å². The van der Waals surface area contributed by atoms with E-state index in [4.69, 9.17) is 9.72 Å². The summed E-state index contributed by atoms with van der Waals surface area (Å²) in [6, 6.07) is 18.8. The van der Waals surface area contributed by atoms with Gasteiger partial charge in [0.2, 0.25) is 0 Å². The maximum atomic E-state index is 13.6. The van der Waals surface area contributed by atoms with Crippen LogP contribution in [0.4, 0.5) is 0 Å². The minimum absolute atomic E-state index is 0.0574. The van der Waals surface area contributed by atoms with Crippen LogP contribution in [0.25, 0.3) is 11.3 Å². The van der Waals surface area contributed by atoms with Gasteiger partial charge in [-0.1, -0.05) is 44.2 Å². The van der Waals surface area contributed by atoms with E-state index in [1.807, 2.05) is 42.5 Å². The number of aromatic nitrogens is 1. The van der Waals surface area contributed by atoms with Gasteiger partial charge in [0.1, 0.15) is 11.5 Å². The molecular formula is C31H36N2O5S. The van der Waals surface area contributed by atoms with Crippen molar-refractivity contribution in [3.8, 4) is 17.0 Å². The van der Waals surface area contributed by atoms with Gasteiger partial charge in [-0.25, -0.2) is 0 Å². The van der Waals surface area contributed by atoms with Gasteiger partial charge in [0.25, 0.3) is 0 Å². The lowest BCUT2D eigenvalue weighted by atomic mass is 9.82. The third kappa shape index (κ3) is 4.68. The van der Waals surface area contributed by atoms with Gasteiger partial charge in [-0.3, -0.25) is 18.9 Å². The Morgan fingerprint density at radius 1 is 1.10 bits per heavy atom. The zero-order valence-corrected chi connectivity index (χ0v) is 23.3. The molecule has 1 aliphatic carbocycles. The second kappa shape index (κ2) is 9.71. The molecule has 1 saturated carbocycles. The van der Waals surface area contributed by atoms with Crippen LogP contribution in [0.2, 0.25) is 0 Å². The van der Waals surface area contributed by atoms with Crippen molar-refractivity contribution in [2.75, 3.05) is 19.8 Å². The Kier molecular flexibility index (Phi) is 6.59. The average Bonchev–Trinajstić information content (AvgIpc) is 3.50. The highest BCUT2D eigenvalue weighted by Crippen LogP contribution is 2.55. The van der Waals surface area contributed by atoms with Crippen molar-refractivity contribution in [1.29, 1.82) is 0 Å². The highest BCUT2D eigenvalue weighted by Gasteiger charge is 2.51. The van der Waals surface area contributed by atoms with Crippen LogP contribution in [-0.4, -0.2) is 55.1 Å². The predicted octanol–water partition coefficient (Wildman–Crippen LogP) is 5.74. The van der Waals surface area contributed by atoms with Crippen molar-refractivity contribution in [3.05, 3.63) is 77.5 Å². The molecule has 7 nitrogen and oxygen atoms in total. The molecule has 1 saturated heterocycles. The van der Waals surface area contributed by atoms with Crippen LogP contribution in [-0.2, 0) is 22.0 Å². The molecule has 0 radical (unpaired) electrons. The van der Waals surface area contributed by atoms with Crippen molar-refractivity contribution < 1.29 is 23.7 Å². The Bertz CT molecular complexity index is 1400. The van der Waals surface area contributed by atoms with Crippen molar-refractivity contribution >= 4 is 16.6 Å². The van der Waals surface area contributed by atoms with Crippen LogP contribution in [0.3, 0.4) is 0 Å². The highest BCUT2D eigenvalue weighted by molar-refractivity contribution is 8.22. The van der Waals surface area contributed by atoms with Gasteiger partial charge in [0.05, 0.1) is 35.3 Å². The Morgan fingerprint density at radius 2 is 1.87 bits per heavy atom. The van der Waals surface area contributed by atoms with Crippen LogP contribution >= 0.6 is 10.8 Å². The molecule has 206 valence electrons. The molecule has 0 amide bonds.